The number of para-hydroxylation sites is 2. The van der Waals surface area contributed by atoms with E-state index < -0.39 is 5.97 Å². The maximum absolute atomic E-state index is 13.2. The number of carboxylic acid groups (broad SMARTS) is 1. The SMILES string of the molecule is COc1ccccc1Oc1cccc(CN2CCC3(CC2)CCN(C(=O)c2ccccc2CC(=O)O)CC3)c1. The molecule has 7 heteroatoms. The molecule has 3 aromatic carbocycles. The maximum Gasteiger partial charge on any atom is 0.307 e. The fourth-order valence-electron chi connectivity index (χ4n) is 5.88. The molecule has 0 radical (unpaired) electrons. The fourth-order valence-corrected chi connectivity index (χ4v) is 5.88. The number of methoxy groups -OCH3 is 1. The van der Waals surface area contributed by atoms with Gasteiger partial charge in [-0.1, -0.05) is 42.5 Å². The Hall–Kier alpha value is -3.84. The minimum Gasteiger partial charge on any atom is -0.493 e. The summed E-state index contributed by atoms with van der Waals surface area (Å²) < 4.78 is 11.5. The number of nitrogens with zero attached hydrogens (tertiary/aromatic N) is 2. The summed E-state index contributed by atoms with van der Waals surface area (Å²) in [6, 6.07) is 23.0. The summed E-state index contributed by atoms with van der Waals surface area (Å²) in [6.07, 6.45) is 4.11. The molecule has 0 atom stereocenters. The second-order valence-corrected chi connectivity index (χ2v) is 10.7. The van der Waals surface area contributed by atoms with E-state index in [1.807, 2.05) is 41.3 Å². The van der Waals surface area contributed by atoms with Crippen molar-refractivity contribution in [1.82, 2.24) is 9.80 Å². The summed E-state index contributed by atoms with van der Waals surface area (Å²) in [5, 5.41) is 9.22. The van der Waals surface area contributed by atoms with Crippen molar-refractivity contribution in [3.05, 3.63) is 89.5 Å². The molecule has 5 rings (SSSR count). The molecule has 0 bridgehead atoms. The molecular weight excluding hydrogens is 492 g/mol. The number of aliphatic carboxylic acids is 1. The highest BCUT2D eigenvalue weighted by molar-refractivity contribution is 5.96. The van der Waals surface area contributed by atoms with Gasteiger partial charge in [0.2, 0.25) is 0 Å². The van der Waals surface area contributed by atoms with Crippen LogP contribution in [0.15, 0.2) is 72.8 Å². The zero-order chi connectivity index (χ0) is 27.2. The van der Waals surface area contributed by atoms with Gasteiger partial charge in [0.25, 0.3) is 5.91 Å². The van der Waals surface area contributed by atoms with Gasteiger partial charge in [-0.25, -0.2) is 0 Å². The van der Waals surface area contributed by atoms with Crippen molar-refractivity contribution in [3.8, 4) is 17.2 Å². The van der Waals surface area contributed by atoms with Crippen molar-refractivity contribution >= 4 is 11.9 Å². The Morgan fingerprint density at radius 2 is 1.51 bits per heavy atom. The zero-order valence-corrected chi connectivity index (χ0v) is 22.5. The number of carbonyl (C=O) groups is 2. The first-order valence-electron chi connectivity index (χ1n) is 13.7. The Morgan fingerprint density at radius 1 is 0.846 bits per heavy atom. The van der Waals surface area contributed by atoms with Gasteiger partial charge in [0.05, 0.1) is 13.5 Å². The molecule has 7 nitrogen and oxygen atoms in total. The van der Waals surface area contributed by atoms with E-state index in [0.717, 1.165) is 64.2 Å². The quantitative estimate of drug-likeness (QED) is 0.408. The molecule has 39 heavy (non-hydrogen) atoms. The lowest BCUT2D eigenvalue weighted by Crippen LogP contribution is -2.48. The Balaban J connectivity index is 1.14. The number of amides is 1. The van der Waals surface area contributed by atoms with Crippen LogP contribution in [0.3, 0.4) is 0 Å². The average molecular weight is 529 g/mol. The number of piperidine rings is 2. The summed E-state index contributed by atoms with van der Waals surface area (Å²) in [5.74, 6) is 1.24. The molecule has 2 fully saturated rings. The van der Waals surface area contributed by atoms with Crippen molar-refractivity contribution in [3.63, 3.8) is 0 Å². The van der Waals surface area contributed by atoms with E-state index in [-0.39, 0.29) is 17.7 Å². The van der Waals surface area contributed by atoms with Crippen LogP contribution < -0.4 is 9.47 Å². The van der Waals surface area contributed by atoms with Crippen LogP contribution in [0, 0.1) is 5.41 Å². The number of rotatable bonds is 8. The van der Waals surface area contributed by atoms with Gasteiger partial charge in [-0.05, 0) is 85.6 Å². The molecule has 0 aromatic heterocycles. The van der Waals surface area contributed by atoms with Crippen LogP contribution in [-0.2, 0) is 17.8 Å². The summed E-state index contributed by atoms with van der Waals surface area (Å²) in [4.78, 5) is 28.9. The third-order valence-corrected chi connectivity index (χ3v) is 8.22. The average Bonchev–Trinajstić information content (AvgIpc) is 2.95. The largest absolute Gasteiger partial charge is 0.493 e. The highest BCUT2D eigenvalue weighted by Crippen LogP contribution is 2.42. The number of hydrogen-bond acceptors (Lipinski definition) is 5. The summed E-state index contributed by atoms with van der Waals surface area (Å²) >= 11 is 0. The van der Waals surface area contributed by atoms with Crippen LogP contribution in [0.2, 0.25) is 0 Å². The third kappa shape index (κ3) is 6.42. The minimum absolute atomic E-state index is 0.0469. The monoisotopic (exact) mass is 528 g/mol. The predicted octanol–water partition coefficient (Wildman–Crippen LogP) is 5.63. The van der Waals surface area contributed by atoms with Crippen molar-refractivity contribution in [2.24, 2.45) is 5.41 Å². The van der Waals surface area contributed by atoms with Crippen LogP contribution >= 0.6 is 0 Å². The normalized spacial score (nSPS) is 17.1. The van der Waals surface area contributed by atoms with Crippen LogP contribution in [0.5, 0.6) is 17.2 Å². The fraction of sp³-hybridized carbons (Fsp3) is 0.375. The predicted molar refractivity (Wildman–Crippen MR) is 149 cm³/mol. The molecule has 3 aromatic rings. The molecule has 1 spiro atoms. The molecule has 2 heterocycles. The molecule has 1 amide bonds. The van der Waals surface area contributed by atoms with Gasteiger partial charge in [0.1, 0.15) is 5.75 Å². The van der Waals surface area contributed by atoms with Crippen molar-refractivity contribution in [2.45, 2.75) is 38.6 Å². The molecule has 0 aliphatic carbocycles. The first-order chi connectivity index (χ1) is 18.9. The van der Waals surface area contributed by atoms with E-state index in [4.69, 9.17) is 9.47 Å². The Kier molecular flexibility index (Phi) is 8.17. The lowest BCUT2D eigenvalue weighted by Gasteiger charge is -2.47. The van der Waals surface area contributed by atoms with Gasteiger partial charge in [-0.2, -0.15) is 0 Å². The third-order valence-electron chi connectivity index (χ3n) is 8.22. The van der Waals surface area contributed by atoms with E-state index >= 15 is 0 Å². The van der Waals surface area contributed by atoms with Crippen molar-refractivity contribution in [2.75, 3.05) is 33.3 Å². The standard InChI is InChI=1S/C32H36N2O5/c1-38-28-11-4-5-12-29(28)39-26-9-6-7-24(21-26)23-33-17-13-32(14-18-33)15-19-34(20-16-32)31(37)27-10-3-2-8-25(27)22-30(35)36/h2-12,21H,13-20,22-23H2,1H3,(H,35,36). The number of carbonyl (C=O) groups excluding carboxylic acids is 1. The first kappa shape index (κ1) is 26.8. The zero-order valence-electron chi connectivity index (χ0n) is 22.5. The smallest absolute Gasteiger partial charge is 0.307 e. The highest BCUT2D eigenvalue weighted by atomic mass is 16.5. The number of hydrogen-bond donors (Lipinski definition) is 1. The highest BCUT2D eigenvalue weighted by Gasteiger charge is 2.38. The lowest BCUT2D eigenvalue weighted by molar-refractivity contribution is -0.136. The van der Waals surface area contributed by atoms with E-state index in [2.05, 4.69) is 17.0 Å². The summed E-state index contributed by atoms with van der Waals surface area (Å²) in [7, 11) is 1.64. The van der Waals surface area contributed by atoms with Crippen LogP contribution in [-0.4, -0.2) is 60.1 Å². The molecule has 1 N–H and O–H groups in total. The molecular formula is C32H36N2O5. The van der Waals surface area contributed by atoms with Crippen molar-refractivity contribution in [1.29, 1.82) is 0 Å². The Labute approximate surface area is 230 Å². The van der Waals surface area contributed by atoms with Gasteiger partial charge in [0, 0.05) is 25.2 Å². The van der Waals surface area contributed by atoms with E-state index in [9.17, 15) is 14.7 Å². The van der Waals surface area contributed by atoms with Gasteiger partial charge < -0.3 is 19.5 Å². The van der Waals surface area contributed by atoms with E-state index in [1.165, 1.54) is 5.56 Å². The molecule has 2 aliphatic rings. The van der Waals surface area contributed by atoms with E-state index in [1.54, 1.807) is 31.4 Å². The van der Waals surface area contributed by atoms with Crippen LogP contribution in [0.1, 0.15) is 47.2 Å². The van der Waals surface area contributed by atoms with Crippen molar-refractivity contribution < 1.29 is 24.2 Å². The molecule has 2 saturated heterocycles. The minimum atomic E-state index is -0.921. The van der Waals surface area contributed by atoms with Gasteiger partial charge in [-0.3, -0.25) is 14.5 Å². The molecule has 0 saturated carbocycles. The Bertz CT molecular complexity index is 1310. The second-order valence-electron chi connectivity index (χ2n) is 10.7. The Morgan fingerprint density at radius 3 is 2.23 bits per heavy atom. The van der Waals surface area contributed by atoms with E-state index in [0.29, 0.717) is 22.6 Å². The number of ether oxygens (including phenoxy) is 2. The molecule has 2 aliphatic heterocycles. The van der Waals surface area contributed by atoms with Crippen LogP contribution in [0.25, 0.3) is 0 Å². The second kappa shape index (κ2) is 11.9. The molecule has 0 unspecified atom stereocenters. The van der Waals surface area contributed by atoms with Gasteiger partial charge in [-0.15, -0.1) is 0 Å². The van der Waals surface area contributed by atoms with Gasteiger partial charge >= 0.3 is 5.97 Å². The number of carboxylic acids is 1. The number of benzene rings is 3. The topological polar surface area (TPSA) is 79.3 Å². The summed E-state index contributed by atoms with van der Waals surface area (Å²) in [6.45, 7) is 4.40. The van der Waals surface area contributed by atoms with Gasteiger partial charge in [0.15, 0.2) is 11.5 Å². The van der Waals surface area contributed by atoms with Crippen LogP contribution in [0.4, 0.5) is 0 Å². The number of likely N-dealkylation sites (tertiary alicyclic amines) is 2. The lowest BCUT2D eigenvalue weighted by atomic mass is 9.71. The first-order valence-corrected chi connectivity index (χ1v) is 13.7. The maximum atomic E-state index is 13.2. The summed E-state index contributed by atoms with van der Waals surface area (Å²) in [5.41, 5.74) is 2.60. The molecule has 204 valence electrons.